The highest BCUT2D eigenvalue weighted by atomic mass is 35.5. The van der Waals surface area contributed by atoms with E-state index in [0.29, 0.717) is 11.6 Å². The Morgan fingerprint density at radius 2 is 2.07 bits per heavy atom. The van der Waals surface area contributed by atoms with Crippen LogP contribution in [0.3, 0.4) is 0 Å². The molecule has 14 heavy (non-hydrogen) atoms. The van der Waals surface area contributed by atoms with Crippen LogP contribution in [0.1, 0.15) is 23.2 Å². The van der Waals surface area contributed by atoms with E-state index in [4.69, 9.17) is 16.7 Å². The highest BCUT2D eigenvalue weighted by Crippen LogP contribution is 2.25. The maximum atomic E-state index is 10.4. The van der Waals surface area contributed by atoms with Gasteiger partial charge in [0.2, 0.25) is 0 Å². The van der Waals surface area contributed by atoms with E-state index in [-0.39, 0.29) is 6.42 Å². The predicted octanol–water partition coefficient (Wildman–Crippen LogP) is 2.31. The average molecular weight is 216 g/mol. The molecule has 0 amide bonds. The summed E-state index contributed by atoms with van der Waals surface area (Å²) in [5.74, 6) is -0.774. The van der Waals surface area contributed by atoms with E-state index < -0.39 is 5.97 Å². The van der Waals surface area contributed by atoms with Gasteiger partial charge in [0.05, 0.1) is 0 Å². The molecule has 3 nitrogen and oxygen atoms in total. The molecule has 0 saturated carbocycles. The van der Waals surface area contributed by atoms with E-state index in [1.54, 1.807) is 0 Å². The highest BCUT2D eigenvalue weighted by molar-refractivity contribution is 6.30. The van der Waals surface area contributed by atoms with Crippen LogP contribution >= 0.6 is 11.6 Å². The summed E-state index contributed by atoms with van der Waals surface area (Å²) in [7, 11) is 1.88. The molecular formula is C10H14ClNO2. The van der Waals surface area contributed by atoms with Gasteiger partial charge >= 0.3 is 5.97 Å². The second-order valence-corrected chi connectivity index (χ2v) is 3.79. The zero-order chi connectivity index (χ0) is 10.9. The molecule has 0 aromatic carbocycles. The molecule has 1 heterocycles. The minimum Gasteiger partial charge on any atom is -0.481 e. The van der Waals surface area contributed by atoms with Crippen LogP contribution in [-0.2, 0) is 18.3 Å². The van der Waals surface area contributed by atoms with E-state index in [0.717, 1.165) is 16.8 Å². The minimum absolute atomic E-state index is 0.155. The van der Waals surface area contributed by atoms with E-state index in [1.807, 2.05) is 25.5 Å². The van der Waals surface area contributed by atoms with Crippen molar-refractivity contribution in [2.75, 3.05) is 0 Å². The Morgan fingerprint density at radius 1 is 1.50 bits per heavy atom. The van der Waals surface area contributed by atoms with Gasteiger partial charge in [0.15, 0.2) is 0 Å². The summed E-state index contributed by atoms with van der Waals surface area (Å²) in [4.78, 5) is 10.4. The lowest BCUT2D eigenvalue weighted by Crippen LogP contribution is -1.99. The molecule has 78 valence electrons. The maximum absolute atomic E-state index is 10.4. The molecule has 0 aliphatic carbocycles. The van der Waals surface area contributed by atoms with Crippen LogP contribution in [-0.4, -0.2) is 15.6 Å². The second kappa shape index (κ2) is 4.05. The van der Waals surface area contributed by atoms with Gasteiger partial charge in [-0.05, 0) is 31.4 Å². The highest BCUT2D eigenvalue weighted by Gasteiger charge is 2.13. The Bertz CT molecular complexity index is 343. The van der Waals surface area contributed by atoms with Gasteiger partial charge in [-0.1, -0.05) is 11.6 Å². The number of carboxylic acid groups (broad SMARTS) is 1. The fourth-order valence-corrected chi connectivity index (χ4v) is 1.84. The lowest BCUT2D eigenvalue weighted by molar-refractivity contribution is -0.136. The van der Waals surface area contributed by atoms with Crippen LogP contribution < -0.4 is 0 Å². The van der Waals surface area contributed by atoms with Crippen molar-refractivity contribution in [3.63, 3.8) is 0 Å². The summed E-state index contributed by atoms with van der Waals surface area (Å²) < 4.78 is 1.88. The van der Waals surface area contributed by atoms with Gasteiger partial charge in [-0.2, -0.15) is 0 Å². The molecule has 0 fully saturated rings. The molecule has 1 aromatic rings. The van der Waals surface area contributed by atoms with Crippen molar-refractivity contribution in [3.8, 4) is 0 Å². The van der Waals surface area contributed by atoms with Crippen molar-refractivity contribution in [3.05, 3.63) is 22.0 Å². The summed E-state index contributed by atoms with van der Waals surface area (Å²) in [6.45, 7) is 3.88. The Morgan fingerprint density at radius 3 is 2.43 bits per heavy atom. The number of carboxylic acids is 1. The van der Waals surface area contributed by atoms with E-state index >= 15 is 0 Å². The number of aliphatic carboxylic acids is 1. The maximum Gasteiger partial charge on any atom is 0.303 e. The van der Waals surface area contributed by atoms with Crippen molar-refractivity contribution in [1.29, 1.82) is 0 Å². The summed E-state index contributed by atoms with van der Waals surface area (Å²) in [5.41, 5.74) is 3.10. The van der Waals surface area contributed by atoms with Crippen LogP contribution in [0.15, 0.2) is 0 Å². The second-order valence-electron chi connectivity index (χ2n) is 3.43. The van der Waals surface area contributed by atoms with Crippen molar-refractivity contribution in [1.82, 2.24) is 4.57 Å². The van der Waals surface area contributed by atoms with Gasteiger partial charge < -0.3 is 9.67 Å². The largest absolute Gasteiger partial charge is 0.481 e. The summed E-state index contributed by atoms with van der Waals surface area (Å²) in [6, 6.07) is 0. The topological polar surface area (TPSA) is 42.2 Å². The molecule has 1 rings (SSSR count). The smallest absolute Gasteiger partial charge is 0.303 e. The average Bonchev–Trinajstić information content (AvgIpc) is 2.29. The number of rotatable bonds is 3. The standard InChI is InChI=1S/C10H14ClNO2/c1-6-8(4-5-9(13)14)7(2)12(3)10(6)11/h4-5H2,1-3H3,(H,13,14). The third-order valence-corrected chi connectivity index (χ3v) is 3.12. The van der Waals surface area contributed by atoms with Gasteiger partial charge in [-0.3, -0.25) is 4.79 Å². The third kappa shape index (κ3) is 1.93. The molecule has 1 aromatic heterocycles. The number of nitrogens with zero attached hydrogens (tertiary/aromatic N) is 1. The molecule has 0 atom stereocenters. The fourth-order valence-electron chi connectivity index (χ4n) is 1.60. The molecule has 0 unspecified atom stereocenters. The van der Waals surface area contributed by atoms with Gasteiger partial charge in [0, 0.05) is 19.2 Å². The molecule has 0 spiro atoms. The van der Waals surface area contributed by atoms with E-state index in [9.17, 15) is 4.79 Å². The first-order valence-electron chi connectivity index (χ1n) is 4.47. The van der Waals surface area contributed by atoms with Crippen LogP contribution in [0.25, 0.3) is 0 Å². The van der Waals surface area contributed by atoms with Crippen molar-refractivity contribution in [2.45, 2.75) is 26.7 Å². The van der Waals surface area contributed by atoms with Gasteiger partial charge in [-0.25, -0.2) is 0 Å². The van der Waals surface area contributed by atoms with Gasteiger partial charge in [-0.15, -0.1) is 0 Å². The number of carbonyl (C=O) groups is 1. The Balaban J connectivity index is 2.97. The van der Waals surface area contributed by atoms with Gasteiger partial charge in [0.25, 0.3) is 0 Å². The molecule has 0 bridgehead atoms. The van der Waals surface area contributed by atoms with Crippen LogP contribution in [0.4, 0.5) is 0 Å². The normalized spacial score (nSPS) is 10.6. The Hall–Kier alpha value is -0.960. The predicted molar refractivity (Wildman–Crippen MR) is 55.9 cm³/mol. The Labute approximate surface area is 88.3 Å². The monoisotopic (exact) mass is 215 g/mol. The number of hydrogen-bond donors (Lipinski definition) is 1. The van der Waals surface area contributed by atoms with Crippen molar-refractivity contribution >= 4 is 17.6 Å². The first-order valence-corrected chi connectivity index (χ1v) is 4.85. The van der Waals surface area contributed by atoms with Crippen molar-refractivity contribution < 1.29 is 9.90 Å². The summed E-state index contributed by atoms with van der Waals surface area (Å²) >= 11 is 6.03. The summed E-state index contributed by atoms with van der Waals surface area (Å²) in [6.07, 6.45) is 0.704. The van der Waals surface area contributed by atoms with Crippen molar-refractivity contribution in [2.24, 2.45) is 7.05 Å². The number of aromatic nitrogens is 1. The molecule has 0 aliphatic heterocycles. The lowest BCUT2D eigenvalue weighted by Gasteiger charge is -2.00. The first-order chi connectivity index (χ1) is 6.45. The molecule has 0 aliphatic rings. The fraction of sp³-hybridized carbons (Fsp3) is 0.500. The lowest BCUT2D eigenvalue weighted by atomic mass is 10.1. The van der Waals surface area contributed by atoms with Gasteiger partial charge in [0.1, 0.15) is 5.15 Å². The number of halogens is 1. The van der Waals surface area contributed by atoms with E-state index in [2.05, 4.69) is 0 Å². The van der Waals surface area contributed by atoms with Crippen LogP contribution in [0.5, 0.6) is 0 Å². The first kappa shape index (κ1) is 11.1. The van der Waals surface area contributed by atoms with Crippen LogP contribution in [0.2, 0.25) is 5.15 Å². The summed E-state index contributed by atoms with van der Waals surface area (Å²) in [5, 5.41) is 9.29. The zero-order valence-corrected chi connectivity index (χ0v) is 9.35. The molecular weight excluding hydrogens is 202 g/mol. The minimum atomic E-state index is -0.774. The Kier molecular flexibility index (Phi) is 3.21. The number of hydrogen-bond acceptors (Lipinski definition) is 1. The molecule has 0 radical (unpaired) electrons. The third-order valence-electron chi connectivity index (χ3n) is 2.59. The zero-order valence-electron chi connectivity index (χ0n) is 8.59. The quantitative estimate of drug-likeness (QED) is 0.841. The molecule has 0 saturated heterocycles. The van der Waals surface area contributed by atoms with E-state index in [1.165, 1.54) is 0 Å². The molecule has 1 N–H and O–H groups in total. The SMILES string of the molecule is Cc1c(CCC(=O)O)c(C)n(C)c1Cl. The molecule has 4 heteroatoms. The van der Waals surface area contributed by atoms with Crippen LogP contribution in [0, 0.1) is 13.8 Å².